The number of rotatable bonds is 6. The minimum atomic E-state index is -3.47. The molecule has 0 saturated carbocycles. The first-order valence-corrected chi connectivity index (χ1v) is 9.76. The number of benzene rings is 1. The van der Waals surface area contributed by atoms with Crippen molar-refractivity contribution in [3.63, 3.8) is 0 Å². The average molecular weight is 354 g/mol. The number of hydrogen-bond acceptors (Lipinski definition) is 6. The largest absolute Gasteiger partial charge is 0.365 e. The van der Waals surface area contributed by atoms with Crippen molar-refractivity contribution in [3.05, 3.63) is 51.6 Å². The van der Waals surface area contributed by atoms with Gasteiger partial charge in [0, 0.05) is 18.4 Å². The van der Waals surface area contributed by atoms with E-state index in [2.05, 4.69) is 12.2 Å². The Morgan fingerprint density at radius 2 is 1.91 bits per heavy atom. The van der Waals surface area contributed by atoms with Gasteiger partial charge in [0.15, 0.2) is 14.8 Å². The molecule has 0 aliphatic heterocycles. The van der Waals surface area contributed by atoms with Gasteiger partial charge < -0.3 is 5.32 Å². The number of nitro groups is 1. The van der Waals surface area contributed by atoms with Gasteiger partial charge in [0.25, 0.3) is 0 Å². The Kier molecular flexibility index (Phi) is 5.06. The topological polar surface area (TPSA) is 89.3 Å². The van der Waals surface area contributed by atoms with Gasteiger partial charge >= 0.3 is 5.69 Å². The van der Waals surface area contributed by atoms with Crippen LogP contribution in [0, 0.1) is 10.1 Å². The van der Waals surface area contributed by atoms with Gasteiger partial charge in [-0.1, -0.05) is 42.5 Å². The first kappa shape index (κ1) is 17.4. The van der Waals surface area contributed by atoms with E-state index in [-0.39, 0.29) is 20.9 Å². The molecule has 1 aromatic heterocycles. The Hall–Kier alpha value is -1.93. The van der Waals surface area contributed by atoms with Gasteiger partial charge in [0.05, 0.1) is 4.92 Å². The second-order valence-corrected chi connectivity index (χ2v) is 8.57. The second kappa shape index (κ2) is 6.67. The highest BCUT2D eigenvalue weighted by Gasteiger charge is 2.24. The first-order chi connectivity index (χ1) is 10.7. The quantitative estimate of drug-likeness (QED) is 0.629. The summed E-state index contributed by atoms with van der Waals surface area (Å²) in [6.45, 7) is 3.95. The van der Waals surface area contributed by atoms with Crippen molar-refractivity contribution < 1.29 is 13.3 Å². The summed E-state index contributed by atoms with van der Waals surface area (Å²) in [4.78, 5) is 10.6. The molecule has 0 aliphatic carbocycles. The molecule has 1 aromatic carbocycles. The molecule has 0 aliphatic rings. The van der Waals surface area contributed by atoms with Crippen LogP contribution in [-0.2, 0) is 16.3 Å². The minimum Gasteiger partial charge on any atom is -0.365 e. The summed E-state index contributed by atoms with van der Waals surface area (Å²) >= 11 is 0.885. The number of anilines is 1. The second-order valence-electron chi connectivity index (χ2n) is 5.27. The summed E-state index contributed by atoms with van der Waals surface area (Å²) in [7, 11) is -3.47. The molecule has 2 aromatic rings. The van der Waals surface area contributed by atoms with Crippen LogP contribution in [0.5, 0.6) is 0 Å². The molecule has 23 heavy (non-hydrogen) atoms. The molecular formula is C15H18N2O4S2. The minimum absolute atomic E-state index is 0.0137. The summed E-state index contributed by atoms with van der Waals surface area (Å²) in [5.74, 6) is 0. The van der Waals surface area contributed by atoms with Crippen LogP contribution < -0.4 is 5.32 Å². The summed E-state index contributed by atoms with van der Waals surface area (Å²) < 4.78 is 23.2. The van der Waals surface area contributed by atoms with Crippen LogP contribution in [-0.4, -0.2) is 19.6 Å². The lowest BCUT2D eigenvalue weighted by atomic mass is 10.1. The van der Waals surface area contributed by atoms with E-state index < -0.39 is 14.8 Å². The van der Waals surface area contributed by atoms with E-state index >= 15 is 0 Å². The number of sulfone groups is 1. The molecule has 0 radical (unpaired) electrons. The van der Waals surface area contributed by atoms with Gasteiger partial charge in [-0.05, 0) is 24.5 Å². The molecule has 124 valence electrons. The van der Waals surface area contributed by atoms with E-state index in [0.717, 1.165) is 35.6 Å². The monoisotopic (exact) mass is 354 g/mol. The molecular weight excluding hydrogens is 336 g/mol. The first-order valence-electron chi connectivity index (χ1n) is 7.06. The van der Waals surface area contributed by atoms with Gasteiger partial charge in [-0.25, -0.2) is 8.42 Å². The standard InChI is InChI=1S/C15H18N2O4S2/c1-4-11-5-7-12(8-6-11)10(2)16-15-13(17(18)19)9-14(22-15)23(3,20)21/h5-10,16H,4H2,1-3H3. The summed E-state index contributed by atoms with van der Waals surface area (Å²) in [5, 5.41) is 14.4. The van der Waals surface area contributed by atoms with Crippen molar-refractivity contribution in [3.8, 4) is 0 Å². The lowest BCUT2D eigenvalue weighted by Gasteiger charge is -2.14. The fourth-order valence-corrected chi connectivity index (χ4v) is 4.13. The third kappa shape index (κ3) is 4.08. The van der Waals surface area contributed by atoms with Crippen molar-refractivity contribution >= 4 is 31.9 Å². The Balaban J connectivity index is 2.30. The molecule has 0 spiro atoms. The van der Waals surface area contributed by atoms with Gasteiger partial charge in [0.1, 0.15) is 4.21 Å². The molecule has 0 bridgehead atoms. The van der Waals surface area contributed by atoms with Crippen molar-refractivity contribution in [1.29, 1.82) is 0 Å². The van der Waals surface area contributed by atoms with E-state index in [1.54, 1.807) is 0 Å². The summed E-state index contributed by atoms with van der Waals surface area (Å²) in [5.41, 5.74) is 1.97. The lowest BCUT2D eigenvalue weighted by Crippen LogP contribution is -2.06. The van der Waals surface area contributed by atoms with Crippen LogP contribution in [0.3, 0.4) is 0 Å². The number of nitrogens with one attached hydrogen (secondary N) is 1. The Bertz CT molecular complexity index is 811. The van der Waals surface area contributed by atoms with Crippen molar-refractivity contribution in [2.45, 2.75) is 30.5 Å². The summed E-state index contributed by atoms with van der Waals surface area (Å²) in [6, 6.07) is 8.89. The highest BCUT2D eigenvalue weighted by molar-refractivity contribution is 7.92. The molecule has 0 amide bonds. The van der Waals surface area contributed by atoms with Crippen LogP contribution in [0.4, 0.5) is 10.7 Å². The van der Waals surface area contributed by atoms with E-state index in [0.29, 0.717) is 0 Å². The molecule has 0 saturated heterocycles. The predicted molar refractivity (Wildman–Crippen MR) is 91.9 cm³/mol. The maximum Gasteiger partial charge on any atom is 0.304 e. The SMILES string of the molecule is CCc1ccc(C(C)Nc2sc(S(C)(=O)=O)cc2[N+](=O)[O-])cc1. The molecule has 2 rings (SSSR count). The molecule has 6 nitrogen and oxygen atoms in total. The van der Waals surface area contributed by atoms with Gasteiger partial charge in [-0.3, -0.25) is 10.1 Å². The van der Waals surface area contributed by atoms with Gasteiger partial charge in [-0.2, -0.15) is 0 Å². The maximum absolute atomic E-state index is 11.6. The average Bonchev–Trinajstić information content (AvgIpc) is 2.91. The highest BCUT2D eigenvalue weighted by Crippen LogP contribution is 2.38. The zero-order valence-corrected chi connectivity index (χ0v) is 14.7. The van der Waals surface area contributed by atoms with Crippen molar-refractivity contribution in [2.24, 2.45) is 0 Å². The molecule has 1 heterocycles. The third-order valence-corrected chi connectivity index (χ3v) is 6.34. The molecule has 1 atom stereocenters. The predicted octanol–water partition coefficient (Wildman–Crippen LogP) is 3.80. The molecule has 1 N–H and O–H groups in total. The zero-order chi connectivity index (χ0) is 17.2. The summed E-state index contributed by atoms with van der Waals surface area (Å²) in [6.07, 6.45) is 1.98. The van der Waals surface area contributed by atoms with Crippen molar-refractivity contribution in [2.75, 3.05) is 11.6 Å². The van der Waals surface area contributed by atoms with Crippen LogP contribution in [0.1, 0.15) is 31.0 Å². The molecule has 0 fully saturated rings. The third-order valence-electron chi connectivity index (χ3n) is 3.49. The fraction of sp³-hybridized carbons (Fsp3) is 0.333. The van der Waals surface area contributed by atoms with E-state index in [4.69, 9.17) is 0 Å². The lowest BCUT2D eigenvalue weighted by molar-refractivity contribution is -0.383. The smallest absolute Gasteiger partial charge is 0.304 e. The normalized spacial score (nSPS) is 12.8. The van der Waals surface area contributed by atoms with Gasteiger partial charge in [-0.15, -0.1) is 0 Å². The van der Waals surface area contributed by atoms with Gasteiger partial charge in [0.2, 0.25) is 0 Å². The van der Waals surface area contributed by atoms with Crippen molar-refractivity contribution in [1.82, 2.24) is 0 Å². The van der Waals surface area contributed by atoms with Crippen LogP contribution in [0.2, 0.25) is 0 Å². The molecule has 8 heteroatoms. The van der Waals surface area contributed by atoms with Crippen LogP contribution in [0.25, 0.3) is 0 Å². The number of hydrogen-bond donors (Lipinski definition) is 1. The Labute approximate surface area is 139 Å². The number of nitrogens with zero attached hydrogens (tertiary/aromatic N) is 1. The van der Waals surface area contributed by atoms with E-state index in [1.165, 1.54) is 5.56 Å². The maximum atomic E-state index is 11.6. The van der Waals surface area contributed by atoms with E-state index in [1.807, 2.05) is 31.2 Å². The number of aryl methyl sites for hydroxylation is 1. The highest BCUT2D eigenvalue weighted by atomic mass is 32.2. The Morgan fingerprint density at radius 3 is 2.39 bits per heavy atom. The molecule has 1 unspecified atom stereocenters. The zero-order valence-electron chi connectivity index (χ0n) is 13.1. The van der Waals surface area contributed by atoms with E-state index in [9.17, 15) is 18.5 Å². The van der Waals surface area contributed by atoms with Crippen LogP contribution in [0.15, 0.2) is 34.5 Å². The van der Waals surface area contributed by atoms with Crippen LogP contribution >= 0.6 is 11.3 Å². The Morgan fingerprint density at radius 1 is 1.30 bits per heavy atom. The number of thiophene rings is 1. The fourth-order valence-electron chi connectivity index (χ4n) is 2.10.